The van der Waals surface area contributed by atoms with Gasteiger partial charge in [0.2, 0.25) is 0 Å². The second-order valence-electron chi connectivity index (χ2n) is 4.52. The highest BCUT2D eigenvalue weighted by Crippen LogP contribution is 2.24. The van der Waals surface area contributed by atoms with Crippen LogP contribution in [0.1, 0.15) is 37.1 Å². The van der Waals surface area contributed by atoms with Crippen LogP contribution in [0.5, 0.6) is 0 Å². The first-order valence-electron chi connectivity index (χ1n) is 5.89. The predicted octanol–water partition coefficient (Wildman–Crippen LogP) is 2.52. The minimum atomic E-state index is 0.217. The molecule has 1 saturated carbocycles. The van der Waals surface area contributed by atoms with Crippen molar-refractivity contribution in [1.82, 2.24) is 9.78 Å². The Bertz CT molecular complexity index is 418. The largest absolute Gasteiger partial charge is 0.372 e. The van der Waals surface area contributed by atoms with E-state index in [4.69, 9.17) is 4.74 Å². The number of ketones is 1. The van der Waals surface area contributed by atoms with Gasteiger partial charge >= 0.3 is 0 Å². The van der Waals surface area contributed by atoms with Gasteiger partial charge in [-0.05, 0) is 35.7 Å². The first kappa shape index (κ1) is 12.8. The number of carbonyl (C=O) groups excluding carboxylic acids is 1. The Kier molecular flexibility index (Phi) is 3.99. The van der Waals surface area contributed by atoms with Gasteiger partial charge in [-0.25, -0.2) is 0 Å². The number of hydrogen-bond donors (Lipinski definition) is 0. The molecule has 1 aromatic rings. The molecule has 0 spiro atoms. The third-order valence-corrected chi connectivity index (χ3v) is 4.24. The normalized spacial score (nSPS) is 17.7. The van der Waals surface area contributed by atoms with Gasteiger partial charge in [-0.15, -0.1) is 0 Å². The van der Waals surface area contributed by atoms with E-state index in [0.717, 1.165) is 28.7 Å². The van der Waals surface area contributed by atoms with Crippen molar-refractivity contribution in [2.24, 2.45) is 7.05 Å². The van der Waals surface area contributed by atoms with Crippen LogP contribution in [0.3, 0.4) is 0 Å². The van der Waals surface area contributed by atoms with E-state index in [1.807, 2.05) is 18.7 Å². The molecule has 0 bridgehead atoms. The maximum Gasteiger partial charge on any atom is 0.133 e. The third kappa shape index (κ3) is 2.96. The topological polar surface area (TPSA) is 44.1 Å². The summed E-state index contributed by atoms with van der Waals surface area (Å²) in [4.78, 5) is 11.1. The molecule has 0 radical (unpaired) electrons. The van der Waals surface area contributed by atoms with Crippen molar-refractivity contribution in [3.05, 3.63) is 15.9 Å². The van der Waals surface area contributed by atoms with E-state index in [9.17, 15) is 4.79 Å². The molecular formula is C12H17BrN2O2. The van der Waals surface area contributed by atoms with Gasteiger partial charge in [-0.1, -0.05) is 0 Å². The molecule has 1 aliphatic rings. The Morgan fingerprint density at radius 2 is 2.12 bits per heavy atom. The van der Waals surface area contributed by atoms with Crippen molar-refractivity contribution < 1.29 is 9.53 Å². The summed E-state index contributed by atoms with van der Waals surface area (Å²) in [6.45, 7) is 2.52. The van der Waals surface area contributed by atoms with E-state index in [1.165, 1.54) is 0 Å². The van der Waals surface area contributed by atoms with Gasteiger partial charge in [0, 0.05) is 19.9 Å². The molecular weight excluding hydrogens is 284 g/mol. The molecule has 0 amide bonds. The van der Waals surface area contributed by atoms with Gasteiger partial charge in [-0.2, -0.15) is 5.10 Å². The van der Waals surface area contributed by atoms with E-state index >= 15 is 0 Å². The van der Waals surface area contributed by atoms with Crippen molar-refractivity contribution in [2.75, 3.05) is 0 Å². The summed E-state index contributed by atoms with van der Waals surface area (Å²) in [5, 5.41) is 4.32. The summed E-state index contributed by atoms with van der Waals surface area (Å²) in [5.41, 5.74) is 2.03. The lowest BCUT2D eigenvalue weighted by atomic mass is 9.96. The molecule has 1 fully saturated rings. The summed E-state index contributed by atoms with van der Waals surface area (Å²) in [6.07, 6.45) is 3.25. The van der Waals surface area contributed by atoms with Crippen molar-refractivity contribution in [3.63, 3.8) is 0 Å². The Morgan fingerprint density at radius 3 is 2.65 bits per heavy atom. The molecule has 1 aliphatic carbocycles. The van der Waals surface area contributed by atoms with Crippen LogP contribution in [0.25, 0.3) is 0 Å². The predicted molar refractivity (Wildman–Crippen MR) is 67.7 cm³/mol. The standard InChI is InChI=1S/C12H17BrN2O2/c1-8-12(13)11(15(2)14-8)7-17-10-5-3-9(16)4-6-10/h10H,3-7H2,1-2H3. The van der Waals surface area contributed by atoms with Crippen molar-refractivity contribution in [2.45, 2.75) is 45.3 Å². The number of carbonyl (C=O) groups is 1. The number of nitrogens with zero attached hydrogens (tertiary/aromatic N) is 2. The van der Waals surface area contributed by atoms with Crippen LogP contribution in [-0.2, 0) is 23.2 Å². The summed E-state index contributed by atoms with van der Waals surface area (Å²) >= 11 is 3.52. The molecule has 5 heteroatoms. The summed E-state index contributed by atoms with van der Waals surface area (Å²) in [6, 6.07) is 0. The average molecular weight is 301 g/mol. The zero-order chi connectivity index (χ0) is 12.4. The van der Waals surface area contributed by atoms with Gasteiger partial charge in [0.1, 0.15) is 5.78 Å². The fourth-order valence-electron chi connectivity index (χ4n) is 2.11. The quantitative estimate of drug-likeness (QED) is 0.861. The van der Waals surface area contributed by atoms with E-state index in [2.05, 4.69) is 21.0 Å². The van der Waals surface area contributed by atoms with Crippen LogP contribution in [0.15, 0.2) is 4.47 Å². The fourth-order valence-corrected chi connectivity index (χ4v) is 2.56. The van der Waals surface area contributed by atoms with Crippen LogP contribution < -0.4 is 0 Å². The number of halogens is 1. The monoisotopic (exact) mass is 300 g/mol. The molecule has 0 aromatic carbocycles. The number of hydrogen-bond acceptors (Lipinski definition) is 3. The lowest BCUT2D eigenvalue weighted by Gasteiger charge is -2.21. The molecule has 0 saturated heterocycles. The molecule has 0 N–H and O–H groups in total. The molecule has 1 aromatic heterocycles. The summed E-state index contributed by atoms with van der Waals surface area (Å²) in [7, 11) is 1.92. The minimum Gasteiger partial charge on any atom is -0.372 e. The van der Waals surface area contributed by atoms with Gasteiger partial charge in [0.15, 0.2) is 0 Å². The molecule has 0 aliphatic heterocycles. The first-order valence-corrected chi connectivity index (χ1v) is 6.68. The minimum absolute atomic E-state index is 0.217. The van der Waals surface area contributed by atoms with Gasteiger partial charge in [0.25, 0.3) is 0 Å². The number of ether oxygens (including phenoxy) is 1. The zero-order valence-electron chi connectivity index (χ0n) is 10.2. The smallest absolute Gasteiger partial charge is 0.133 e. The van der Waals surface area contributed by atoms with Crippen LogP contribution >= 0.6 is 15.9 Å². The molecule has 2 rings (SSSR count). The van der Waals surface area contributed by atoms with Crippen LogP contribution in [0.4, 0.5) is 0 Å². The van der Waals surface area contributed by atoms with E-state index in [1.54, 1.807) is 0 Å². The van der Waals surface area contributed by atoms with Crippen LogP contribution in [-0.4, -0.2) is 21.7 Å². The van der Waals surface area contributed by atoms with Gasteiger partial charge < -0.3 is 4.74 Å². The van der Waals surface area contributed by atoms with Crippen molar-refractivity contribution in [3.8, 4) is 0 Å². The van der Waals surface area contributed by atoms with Crippen molar-refractivity contribution >= 4 is 21.7 Å². The number of Topliss-reactive ketones (excluding diaryl/α,β-unsaturated/α-hetero) is 1. The highest BCUT2D eigenvalue weighted by molar-refractivity contribution is 9.10. The SMILES string of the molecule is Cc1nn(C)c(COC2CCC(=O)CC2)c1Br. The summed E-state index contributed by atoms with van der Waals surface area (Å²) < 4.78 is 8.71. The molecule has 0 unspecified atom stereocenters. The lowest BCUT2D eigenvalue weighted by Crippen LogP contribution is -2.21. The molecule has 94 valence electrons. The average Bonchev–Trinajstić information content (AvgIpc) is 2.54. The first-order chi connectivity index (χ1) is 8.08. The van der Waals surface area contributed by atoms with Crippen molar-refractivity contribution in [1.29, 1.82) is 0 Å². The number of aryl methyl sites for hydroxylation is 2. The zero-order valence-corrected chi connectivity index (χ0v) is 11.8. The lowest BCUT2D eigenvalue weighted by molar-refractivity contribution is -0.123. The van der Waals surface area contributed by atoms with Gasteiger partial charge in [-0.3, -0.25) is 9.48 Å². The highest BCUT2D eigenvalue weighted by Gasteiger charge is 2.20. The van der Waals surface area contributed by atoms with Crippen LogP contribution in [0.2, 0.25) is 0 Å². The number of rotatable bonds is 3. The van der Waals surface area contributed by atoms with Crippen LogP contribution in [0, 0.1) is 6.92 Å². The highest BCUT2D eigenvalue weighted by atomic mass is 79.9. The van der Waals surface area contributed by atoms with E-state index in [-0.39, 0.29) is 6.10 Å². The maximum atomic E-state index is 11.1. The second kappa shape index (κ2) is 5.31. The Balaban J connectivity index is 1.91. The molecule has 1 heterocycles. The Hall–Kier alpha value is -0.680. The number of aromatic nitrogens is 2. The molecule has 0 atom stereocenters. The Morgan fingerprint density at radius 1 is 1.47 bits per heavy atom. The summed E-state index contributed by atoms with van der Waals surface area (Å²) in [5.74, 6) is 0.363. The van der Waals surface area contributed by atoms with Gasteiger partial charge in [0.05, 0.1) is 28.6 Å². The maximum absolute atomic E-state index is 11.1. The second-order valence-corrected chi connectivity index (χ2v) is 5.31. The van der Waals surface area contributed by atoms with E-state index < -0.39 is 0 Å². The Labute approximate surface area is 109 Å². The van der Waals surface area contributed by atoms with E-state index in [0.29, 0.717) is 25.2 Å². The fraction of sp³-hybridized carbons (Fsp3) is 0.667. The molecule has 4 nitrogen and oxygen atoms in total. The third-order valence-electron chi connectivity index (χ3n) is 3.21. The molecule has 17 heavy (non-hydrogen) atoms.